The van der Waals surface area contributed by atoms with Gasteiger partial charge in [-0.05, 0) is 35.2 Å². The van der Waals surface area contributed by atoms with Crippen molar-refractivity contribution >= 4 is 0 Å². The number of unbranched alkanes of at least 4 members (excludes halogenated alkanes) is 2. The fraction of sp³-hybridized carbons (Fsp3) is 0.286. The zero-order valence-electron chi connectivity index (χ0n) is 18.1. The maximum Gasteiger partial charge on any atom is 0.144 e. The molecule has 156 valence electrons. The molecule has 3 aromatic carbocycles. The van der Waals surface area contributed by atoms with Gasteiger partial charge in [-0.25, -0.2) is 0 Å². The molecule has 1 atom stereocenters. The molecule has 0 aromatic heterocycles. The summed E-state index contributed by atoms with van der Waals surface area (Å²) in [6.45, 7) is 6.31. The van der Waals surface area contributed by atoms with E-state index in [-0.39, 0.29) is 6.10 Å². The van der Waals surface area contributed by atoms with Crippen molar-refractivity contribution in [1.82, 2.24) is 0 Å². The van der Waals surface area contributed by atoms with Crippen LogP contribution < -0.4 is 4.74 Å². The van der Waals surface area contributed by atoms with Gasteiger partial charge in [0.1, 0.15) is 11.4 Å². The van der Waals surface area contributed by atoms with E-state index in [1.54, 1.807) is 7.11 Å². The zero-order valence-corrected chi connectivity index (χ0v) is 18.1. The fourth-order valence-electron chi connectivity index (χ4n) is 3.92. The maximum absolute atomic E-state index is 7.01. The van der Waals surface area contributed by atoms with Crippen molar-refractivity contribution < 1.29 is 9.47 Å². The van der Waals surface area contributed by atoms with E-state index in [0.29, 0.717) is 0 Å². The lowest BCUT2D eigenvalue weighted by Crippen LogP contribution is -2.36. The Balaban J connectivity index is 2.17. The number of hydrogen-bond acceptors (Lipinski definition) is 2. The van der Waals surface area contributed by atoms with Gasteiger partial charge >= 0.3 is 0 Å². The summed E-state index contributed by atoms with van der Waals surface area (Å²) in [6.07, 6.45) is 6.34. The highest BCUT2D eigenvalue weighted by atomic mass is 16.5. The summed E-state index contributed by atoms with van der Waals surface area (Å²) in [5.74, 6) is 0.831. The molecule has 0 N–H and O–H groups in total. The minimum atomic E-state index is -0.736. The largest absolute Gasteiger partial charge is 0.497 e. The van der Waals surface area contributed by atoms with Crippen LogP contribution in [0.25, 0.3) is 0 Å². The van der Waals surface area contributed by atoms with Crippen molar-refractivity contribution in [1.29, 1.82) is 0 Å². The summed E-state index contributed by atoms with van der Waals surface area (Å²) in [6, 6.07) is 29.1. The summed E-state index contributed by atoms with van der Waals surface area (Å²) >= 11 is 0. The second-order valence-corrected chi connectivity index (χ2v) is 7.53. The van der Waals surface area contributed by atoms with Gasteiger partial charge in [-0.2, -0.15) is 0 Å². The molecule has 0 fully saturated rings. The summed E-state index contributed by atoms with van der Waals surface area (Å²) in [7, 11) is 1.69. The first-order valence-electron chi connectivity index (χ1n) is 10.8. The van der Waals surface area contributed by atoms with Gasteiger partial charge in [0.15, 0.2) is 0 Å². The lowest BCUT2D eigenvalue weighted by Gasteiger charge is -2.38. The van der Waals surface area contributed by atoms with Crippen molar-refractivity contribution in [2.24, 2.45) is 0 Å². The molecule has 0 aliphatic rings. The van der Waals surface area contributed by atoms with Crippen molar-refractivity contribution in [3.05, 3.63) is 114 Å². The fourth-order valence-corrected chi connectivity index (χ4v) is 3.92. The number of hydrogen-bond donors (Lipinski definition) is 0. The number of methoxy groups -OCH3 is 1. The monoisotopic (exact) mass is 400 g/mol. The molecule has 3 aromatic rings. The Bertz CT molecular complexity index is 845. The van der Waals surface area contributed by atoms with Gasteiger partial charge in [0.25, 0.3) is 0 Å². The van der Waals surface area contributed by atoms with Crippen LogP contribution in [-0.2, 0) is 10.3 Å². The van der Waals surface area contributed by atoms with E-state index in [9.17, 15) is 0 Å². The second-order valence-electron chi connectivity index (χ2n) is 7.53. The summed E-state index contributed by atoms with van der Waals surface area (Å²) in [5, 5.41) is 0. The quantitative estimate of drug-likeness (QED) is 0.193. The molecule has 0 aliphatic heterocycles. The summed E-state index contributed by atoms with van der Waals surface area (Å²) < 4.78 is 12.4. The van der Waals surface area contributed by atoms with Gasteiger partial charge in [0.2, 0.25) is 0 Å². The maximum atomic E-state index is 7.01. The summed E-state index contributed by atoms with van der Waals surface area (Å²) in [4.78, 5) is 0. The minimum Gasteiger partial charge on any atom is -0.497 e. The van der Waals surface area contributed by atoms with Gasteiger partial charge in [0, 0.05) is 0 Å². The average Bonchev–Trinajstić information content (AvgIpc) is 2.83. The third-order valence-electron chi connectivity index (χ3n) is 5.54. The highest BCUT2D eigenvalue weighted by Gasteiger charge is 2.39. The van der Waals surface area contributed by atoms with Gasteiger partial charge in [-0.15, -0.1) is 6.58 Å². The van der Waals surface area contributed by atoms with Gasteiger partial charge < -0.3 is 9.47 Å². The molecule has 0 radical (unpaired) electrons. The molecule has 0 amide bonds. The van der Waals surface area contributed by atoms with Crippen LogP contribution in [0.1, 0.15) is 49.3 Å². The highest BCUT2D eigenvalue weighted by Crippen LogP contribution is 2.42. The predicted octanol–water partition coefficient (Wildman–Crippen LogP) is 7.14. The van der Waals surface area contributed by atoms with E-state index in [0.717, 1.165) is 35.3 Å². The van der Waals surface area contributed by atoms with Crippen LogP contribution in [0.3, 0.4) is 0 Å². The molecule has 0 saturated carbocycles. The van der Waals surface area contributed by atoms with Crippen molar-refractivity contribution in [2.45, 2.75) is 44.3 Å². The normalized spacial score (nSPS) is 12.3. The average molecular weight is 401 g/mol. The molecule has 0 saturated heterocycles. The van der Waals surface area contributed by atoms with Crippen LogP contribution in [0.4, 0.5) is 0 Å². The predicted molar refractivity (Wildman–Crippen MR) is 125 cm³/mol. The Morgan fingerprint density at radius 2 is 1.33 bits per heavy atom. The number of rotatable bonds is 11. The standard InChI is InChI=1S/C28H32O2/c1-4-6-9-18-26(5-2)30-28(23-14-10-7-11-15-23,24-16-12-8-13-17-24)25-19-21-27(29-3)22-20-25/h5,7-8,10-17,19-22,26H,2,4,6,9,18H2,1,3H3. The van der Waals surface area contributed by atoms with Crippen molar-refractivity contribution in [2.75, 3.05) is 7.11 Å². The highest BCUT2D eigenvalue weighted by molar-refractivity contribution is 5.48. The molecular weight excluding hydrogens is 368 g/mol. The van der Waals surface area contributed by atoms with Crippen LogP contribution in [-0.4, -0.2) is 13.2 Å². The van der Waals surface area contributed by atoms with Crippen LogP contribution in [0.5, 0.6) is 5.75 Å². The number of ether oxygens (including phenoxy) is 2. The first-order chi connectivity index (χ1) is 14.7. The SMILES string of the molecule is C=CC(CCCCC)OC(c1ccccc1)(c1ccccc1)c1ccc(OC)cc1. The molecule has 1 unspecified atom stereocenters. The van der Waals surface area contributed by atoms with Crippen molar-refractivity contribution in [3.63, 3.8) is 0 Å². The molecule has 3 rings (SSSR count). The van der Waals surface area contributed by atoms with E-state index in [1.807, 2.05) is 30.3 Å². The topological polar surface area (TPSA) is 18.5 Å². The Hall–Kier alpha value is -2.84. The van der Waals surface area contributed by atoms with Crippen LogP contribution >= 0.6 is 0 Å². The van der Waals surface area contributed by atoms with E-state index < -0.39 is 5.60 Å². The first kappa shape index (κ1) is 21.9. The Kier molecular flexibility index (Phi) is 7.87. The Labute approximate surface area is 181 Å². The van der Waals surface area contributed by atoms with E-state index in [4.69, 9.17) is 9.47 Å². The van der Waals surface area contributed by atoms with Gasteiger partial charge in [0.05, 0.1) is 13.2 Å². The molecule has 2 nitrogen and oxygen atoms in total. The third-order valence-corrected chi connectivity index (χ3v) is 5.54. The molecule has 2 heteroatoms. The summed E-state index contributed by atoms with van der Waals surface area (Å²) in [5.41, 5.74) is 2.54. The second kappa shape index (κ2) is 10.8. The first-order valence-corrected chi connectivity index (χ1v) is 10.8. The lowest BCUT2D eigenvalue weighted by molar-refractivity contribution is -0.0284. The van der Waals surface area contributed by atoms with Crippen LogP contribution in [0.2, 0.25) is 0 Å². The Morgan fingerprint density at radius 3 is 1.80 bits per heavy atom. The van der Waals surface area contributed by atoms with E-state index in [2.05, 4.69) is 74.2 Å². The van der Waals surface area contributed by atoms with Gasteiger partial charge in [-0.3, -0.25) is 0 Å². The molecule has 30 heavy (non-hydrogen) atoms. The van der Waals surface area contributed by atoms with Crippen LogP contribution in [0.15, 0.2) is 97.6 Å². The molecule has 0 bridgehead atoms. The van der Waals surface area contributed by atoms with Gasteiger partial charge in [-0.1, -0.05) is 105 Å². The van der Waals surface area contributed by atoms with E-state index >= 15 is 0 Å². The zero-order chi connectivity index (χ0) is 21.2. The minimum absolute atomic E-state index is 0.0564. The number of benzene rings is 3. The molecule has 0 aliphatic carbocycles. The molecule has 0 heterocycles. The third kappa shape index (κ3) is 4.83. The van der Waals surface area contributed by atoms with Crippen molar-refractivity contribution in [3.8, 4) is 5.75 Å². The van der Waals surface area contributed by atoms with Crippen LogP contribution in [0, 0.1) is 0 Å². The Morgan fingerprint density at radius 1 is 0.800 bits per heavy atom. The lowest BCUT2D eigenvalue weighted by atomic mass is 9.79. The molecular formula is C28H32O2. The smallest absolute Gasteiger partial charge is 0.144 e. The van der Waals surface area contributed by atoms with E-state index in [1.165, 1.54) is 12.8 Å². The molecule has 0 spiro atoms.